The highest BCUT2D eigenvalue weighted by Gasteiger charge is 2.30. The van der Waals surface area contributed by atoms with Crippen LogP contribution in [0.2, 0.25) is 0 Å². The molecule has 0 saturated carbocycles. The van der Waals surface area contributed by atoms with Crippen LogP contribution in [0.3, 0.4) is 0 Å². The Labute approximate surface area is 135 Å². The van der Waals surface area contributed by atoms with Crippen LogP contribution in [0, 0.1) is 5.41 Å². The Morgan fingerprint density at radius 3 is 2.70 bits per heavy atom. The van der Waals surface area contributed by atoms with E-state index in [1.165, 1.54) is 13.8 Å². The lowest BCUT2D eigenvalue weighted by Crippen LogP contribution is -2.34. The topological polar surface area (TPSA) is 84.2 Å². The normalized spacial score (nSPS) is 12.7. The van der Waals surface area contributed by atoms with Crippen LogP contribution in [0.1, 0.15) is 38.8 Å². The first-order chi connectivity index (χ1) is 10.8. The standard InChI is InChI=1S/C17H21N3O3/c1-12(19-15(21)11-17(2,3)16(22)23)13-6-4-7-14(10-13)20-9-5-8-18-20/h4-10,12H,11H2,1-3H3,(H,19,21)(H,22,23). The molecule has 1 heterocycles. The van der Waals surface area contributed by atoms with Crippen molar-refractivity contribution in [1.82, 2.24) is 15.1 Å². The van der Waals surface area contributed by atoms with Gasteiger partial charge in [0.1, 0.15) is 0 Å². The number of hydrogen-bond donors (Lipinski definition) is 2. The lowest BCUT2D eigenvalue weighted by atomic mass is 9.89. The molecule has 0 fully saturated rings. The van der Waals surface area contributed by atoms with Crippen molar-refractivity contribution < 1.29 is 14.7 Å². The van der Waals surface area contributed by atoms with E-state index in [9.17, 15) is 9.59 Å². The van der Waals surface area contributed by atoms with Gasteiger partial charge in [0.25, 0.3) is 0 Å². The number of carbonyl (C=O) groups is 2. The first-order valence-corrected chi connectivity index (χ1v) is 7.42. The summed E-state index contributed by atoms with van der Waals surface area (Å²) in [6.45, 7) is 4.95. The van der Waals surface area contributed by atoms with Crippen LogP contribution >= 0.6 is 0 Å². The number of nitrogens with one attached hydrogen (secondary N) is 1. The maximum atomic E-state index is 12.1. The number of carboxylic acid groups (broad SMARTS) is 1. The molecule has 0 aliphatic rings. The Kier molecular flexibility index (Phi) is 4.83. The zero-order chi connectivity index (χ0) is 17.0. The molecule has 0 saturated heterocycles. The third kappa shape index (κ3) is 4.18. The van der Waals surface area contributed by atoms with Gasteiger partial charge in [-0.3, -0.25) is 9.59 Å². The molecule has 2 aromatic rings. The number of rotatable bonds is 6. The van der Waals surface area contributed by atoms with E-state index in [-0.39, 0.29) is 18.4 Å². The molecule has 1 atom stereocenters. The molecule has 23 heavy (non-hydrogen) atoms. The summed E-state index contributed by atoms with van der Waals surface area (Å²) in [5, 5.41) is 16.1. The van der Waals surface area contributed by atoms with E-state index in [1.54, 1.807) is 10.9 Å². The van der Waals surface area contributed by atoms with Gasteiger partial charge in [0.2, 0.25) is 5.91 Å². The Bertz CT molecular complexity index is 693. The van der Waals surface area contributed by atoms with Crippen molar-refractivity contribution in [2.75, 3.05) is 0 Å². The van der Waals surface area contributed by atoms with Gasteiger partial charge < -0.3 is 10.4 Å². The van der Waals surface area contributed by atoms with Crippen LogP contribution < -0.4 is 5.32 Å². The second kappa shape index (κ2) is 6.64. The van der Waals surface area contributed by atoms with E-state index < -0.39 is 11.4 Å². The third-order valence-corrected chi connectivity index (χ3v) is 3.70. The van der Waals surface area contributed by atoms with Crippen molar-refractivity contribution in [3.05, 3.63) is 48.3 Å². The minimum atomic E-state index is -1.08. The van der Waals surface area contributed by atoms with E-state index in [0.717, 1.165) is 11.3 Å². The highest BCUT2D eigenvalue weighted by molar-refractivity contribution is 5.84. The fraction of sp³-hybridized carbons (Fsp3) is 0.353. The summed E-state index contributed by atoms with van der Waals surface area (Å²) in [6.07, 6.45) is 3.48. The highest BCUT2D eigenvalue weighted by atomic mass is 16.4. The Hall–Kier alpha value is -2.63. The number of aromatic nitrogens is 2. The fourth-order valence-corrected chi connectivity index (χ4v) is 2.21. The maximum Gasteiger partial charge on any atom is 0.309 e. The van der Waals surface area contributed by atoms with Crippen molar-refractivity contribution in [2.45, 2.75) is 33.2 Å². The predicted molar refractivity (Wildman–Crippen MR) is 86.2 cm³/mol. The van der Waals surface area contributed by atoms with Crippen molar-refractivity contribution in [3.63, 3.8) is 0 Å². The summed E-state index contributed by atoms with van der Waals surface area (Å²) in [7, 11) is 0. The third-order valence-electron chi connectivity index (χ3n) is 3.70. The van der Waals surface area contributed by atoms with Crippen LogP contribution in [-0.4, -0.2) is 26.8 Å². The highest BCUT2D eigenvalue weighted by Crippen LogP contribution is 2.22. The van der Waals surface area contributed by atoms with Crippen LogP contribution in [0.25, 0.3) is 5.69 Å². The van der Waals surface area contributed by atoms with Crippen LogP contribution in [0.5, 0.6) is 0 Å². The first-order valence-electron chi connectivity index (χ1n) is 7.42. The maximum absolute atomic E-state index is 12.1. The number of benzene rings is 1. The molecule has 2 rings (SSSR count). The quantitative estimate of drug-likeness (QED) is 0.858. The van der Waals surface area contributed by atoms with Gasteiger partial charge in [-0.2, -0.15) is 5.10 Å². The minimum absolute atomic E-state index is 0.0640. The second-order valence-corrected chi connectivity index (χ2v) is 6.20. The number of hydrogen-bond acceptors (Lipinski definition) is 3. The molecule has 1 aromatic carbocycles. The summed E-state index contributed by atoms with van der Waals surface area (Å²) in [5.41, 5.74) is 0.750. The molecule has 6 nitrogen and oxygen atoms in total. The van der Waals surface area contributed by atoms with Gasteiger partial charge >= 0.3 is 5.97 Å². The molecule has 1 unspecified atom stereocenters. The van der Waals surface area contributed by atoms with E-state index in [2.05, 4.69) is 10.4 Å². The summed E-state index contributed by atoms with van der Waals surface area (Å²) in [4.78, 5) is 23.2. The molecule has 122 valence electrons. The van der Waals surface area contributed by atoms with Gasteiger partial charge in [-0.05, 0) is 44.5 Å². The summed E-state index contributed by atoms with van der Waals surface area (Å²) >= 11 is 0. The molecule has 2 N–H and O–H groups in total. The van der Waals surface area contributed by atoms with E-state index in [0.29, 0.717) is 0 Å². The fourth-order valence-electron chi connectivity index (χ4n) is 2.21. The van der Waals surface area contributed by atoms with Crippen molar-refractivity contribution in [1.29, 1.82) is 0 Å². The van der Waals surface area contributed by atoms with Gasteiger partial charge in [-0.15, -0.1) is 0 Å². The monoisotopic (exact) mass is 315 g/mol. The van der Waals surface area contributed by atoms with Crippen LogP contribution in [0.15, 0.2) is 42.7 Å². The van der Waals surface area contributed by atoms with Crippen molar-refractivity contribution in [2.24, 2.45) is 5.41 Å². The minimum Gasteiger partial charge on any atom is -0.481 e. The molecule has 0 aliphatic carbocycles. The lowest BCUT2D eigenvalue weighted by molar-refractivity contribution is -0.149. The molecular formula is C17H21N3O3. The van der Waals surface area contributed by atoms with Gasteiger partial charge in [0.05, 0.1) is 17.1 Å². The lowest BCUT2D eigenvalue weighted by Gasteiger charge is -2.21. The van der Waals surface area contributed by atoms with Gasteiger partial charge in [-0.25, -0.2) is 4.68 Å². The number of aliphatic carboxylic acids is 1. The number of carboxylic acids is 1. The molecule has 6 heteroatoms. The SMILES string of the molecule is CC(NC(=O)CC(C)(C)C(=O)O)c1cccc(-n2cccn2)c1. The summed E-state index contributed by atoms with van der Waals surface area (Å²) < 4.78 is 1.74. The van der Waals surface area contributed by atoms with Crippen LogP contribution in [0.4, 0.5) is 0 Å². The Morgan fingerprint density at radius 2 is 2.09 bits per heavy atom. The number of amides is 1. The van der Waals surface area contributed by atoms with E-state index in [4.69, 9.17) is 5.11 Å². The molecule has 1 aromatic heterocycles. The second-order valence-electron chi connectivity index (χ2n) is 6.20. The number of nitrogens with zero attached hydrogens (tertiary/aromatic N) is 2. The number of carbonyl (C=O) groups excluding carboxylic acids is 1. The summed E-state index contributed by atoms with van der Waals surface area (Å²) in [6, 6.07) is 9.31. The van der Waals surface area contributed by atoms with E-state index in [1.807, 2.05) is 43.5 Å². The average molecular weight is 315 g/mol. The molecule has 0 radical (unpaired) electrons. The molecular weight excluding hydrogens is 294 g/mol. The predicted octanol–water partition coefficient (Wildman–Crippen LogP) is 2.55. The van der Waals surface area contributed by atoms with Crippen molar-refractivity contribution >= 4 is 11.9 Å². The molecule has 1 amide bonds. The Morgan fingerprint density at radius 1 is 1.35 bits per heavy atom. The smallest absolute Gasteiger partial charge is 0.309 e. The zero-order valence-electron chi connectivity index (χ0n) is 13.5. The van der Waals surface area contributed by atoms with Gasteiger partial charge in [0.15, 0.2) is 0 Å². The van der Waals surface area contributed by atoms with E-state index >= 15 is 0 Å². The summed E-state index contributed by atoms with van der Waals surface area (Å²) in [5.74, 6) is -1.27. The first kappa shape index (κ1) is 16.7. The largest absolute Gasteiger partial charge is 0.481 e. The van der Waals surface area contributed by atoms with Gasteiger partial charge in [-0.1, -0.05) is 12.1 Å². The molecule has 0 bridgehead atoms. The van der Waals surface area contributed by atoms with Crippen molar-refractivity contribution in [3.8, 4) is 5.69 Å². The molecule has 0 aliphatic heterocycles. The van der Waals surface area contributed by atoms with Crippen LogP contribution in [-0.2, 0) is 9.59 Å². The van der Waals surface area contributed by atoms with Gasteiger partial charge in [0, 0.05) is 18.8 Å². The Balaban J connectivity index is 2.06. The average Bonchev–Trinajstić information content (AvgIpc) is 3.00. The zero-order valence-corrected chi connectivity index (χ0v) is 13.5. The molecule has 0 spiro atoms.